The van der Waals surface area contributed by atoms with E-state index in [1.807, 2.05) is 0 Å². The molecule has 0 atom stereocenters. The fraction of sp³-hybridized carbons (Fsp3) is 0.500. The van der Waals surface area contributed by atoms with Crippen LogP contribution in [-0.4, -0.2) is 46.0 Å². The molecule has 0 aliphatic carbocycles. The molecule has 1 aromatic carbocycles. The van der Waals surface area contributed by atoms with Crippen molar-refractivity contribution in [2.24, 2.45) is 0 Å². The van der Waals surface area contributed by atoms with Gasteiger partial charge in [0.25, 0.3) is 5.91 Å². The van der Waals surface area contributed by atoms with Crippen LogP contribution in [-0.2, 0) is 14.3 Å². The maximum Gasteiger partial charge on any atom is 0.250 e. The van der Waals surface area contributed by atoms with E-state index in [-0.39, 0.29) is 12.0 Å². The Morgan fingerprint density at radius 2 is 1.74 bits per heavy atom. The van der Waals surface area contributed by atoms with Crippen molar-refractivity contribution in [3.05, 3.63) is 23.8 Å². The molecule has 0 aliphatic rings. The van der Waals surface area contributed by atoms with Gasteiger partial charge < -0.3 is 24.3 Å². The van der Waals surface area contributed by atoms with Crippen LogP contribution in [0.1, 0.15) is 30.1 Å². The van der Waals surface area contributed by atoms with Crippen LogP contribution in [0.5, 0.6) is 11.5 Å². The first-order valence-electron chi connectivity index (χ1n) is 7.12. The Balaban J connectivity index is 2.90. The first-order valence-corrected chi connectivity index (χ1v) is 7.12. The molecule has 0 aromatic heterocycles. The van der Waals surface area contributed by atoms with Gasteiger partial charge in [-0.2, -0.15) is 0 Å². The summed E-state index contributed by atoms with van der Waals surface area (Å²) in [6.45, 7) is 1.79. The topological polar surface area (TPSA) is 83.1 Å². The summed E-state index contributed by atoms with van der Waals surface area (Å²) in [6.07, 6.45) is 0.0282. The van der Waals surface area contributed by atoms with Crippen molar-refractivity contribution < 1.29 is 28.5 Å². The Hall–Kier alpha value is -2.12. The van der Waals surface area contributed by atoms with E-state index >= 15 is 0 Å². The normalized spacial score (nSPS) is 11.0. The zero-order valence-electron chi connectivity index (χ0n) is 14.1. The van der Waals surface area contributed by atoms with E-state index in [1.54, 1.807) is 25.1 Å². The minimum Gasteiger partial charge on any atom is -0.493 e. The third-order valence-corrected chi connectivity index (χ3v) is 3.48. The van der Waals surface area contributed by atoms with Crippen molar-refractivity contribution in [1.29, 1.82) is 0 Å². The lowest BCUT2D eigenvalue weighted by molar-refractivity contribution is -0.228. The summed E-state index contributed by atoms with van der Waals surface area (Å²) in [7, 11) is 5.75. The van der Waals surface area contributed by atoms with Crippen LogP contribution in [0.3, 0.4) is 0 Å². The molecule has 0 radical (unpaired) electrons. The maximum absolute atomic E-state index is 12.4. The predicted octanol–water partition coefficient (Wildman–Crippen LogP) is 1.75. The summed E-state index contributed by atoms with van der Waals surface area (Å²) >= 11 is 0. The highest BCUT2D eigenvalue weighted by Gasteiger charge is 2.30. The number of methoxy groups -OCH3 is 4. The zero-order chi connectivity index (χ0) is 17.5. The number of carbonyl (C=O) groups is 2. The van der Waals surface area contributed by atoms with Crippen LogP contribution in [0.25, 0.3) is 0 Å². The summed E-state index contributed by atoms with van der Waals surface area (Å²) in [4.78, 5) is 24.5. The molecular weight excluding hydrogens is 302 g/mol. The number of para-hydroxylation sites is 1. The number of nitrogens with one attached hydrogen (secondary N) is 1. The van der Waals surface area contributed by atoms with E-state index in [0.29, 0.717) is 17.9 Å². The van der Waals surface area contributed by atoms with Crippen molar-refractivity contribution >= 4 is 11.7 Å². The van der Waals surface area contributed by atoms with Gasteiger partial charge >= 0.3 is 0 Å². The lowest BCUT2D eigenvalue weighted by Gasteiger charge is -2.30. The minimum absolute atomic E-state index is 0.277. The summed E-state index contributed by atoms with van der Waals surface area (Å²) in [5.74, 6) is -1.42. The van der Waals surface area contributed by atoms with Gasteiger partial charge in [-0.05, 0) is 12.1 Å². The third-order valence-electron chi connectivity index (χ3n) is 3.48. The van der Waals surface area contributed by atoms with Crippen molar-refractivity contribution in [1.82, 2.24) is 5.32 Å². The average Bonchev–Trinajstić information content (AvgIpc) is 2.58. The molecule has 0 fully saturated rings. The second-order valence-corrected chi connectivity index (χ2v) is 4.70. The molecule has 1 rings (SSSR count). The number of ketones is 1. The van der Waals surface area contributed by atoms with E-state index in [4.69, 9.17) is 18.9 Å². The van der Waals surface area contributed by atoms with Gasteiger partial charge in [-0.25, -0.2) is 0 Å². The molecule has 0 spiro atoms. The first kappa shape index (κ1) is 18.9. The number of carbonyl (C=O) groups excluding carboxylic acids is 2. The maximum atomic E-state index is 12.4. The summed E-state index contributed by atoms with van der Waals surface area (Å²) < 4.78 is 20.7. The molecule has 1 aromatic rings. The average molecular weight is 325 g/mol. The second kappa shape index (κ2) is 8.50. The summed E-state index contributed by atoms with van der Waals surface area (Å²) in [6, 6.07) is 4.91. The Bertz CT molecular complexity index is 545. The third kappa shape index (κ3) is 4.43. The van der Waals surface area contributed by atoms with Gasteiger partial charge in [0.1, 0.15) is 0 Å². The Kier molecular flexibility index (Phi) is 6.99. The minimum atomic E-state index is -1.24. The van der Waals surface area contributed by atoms with E-state index in [9.17, 15) is 9.59 Å². The molecule has 0 bridgehead atoms. The van der Waals surface area contributed by atoms with E-state index in [1.165, 1.54) is 28.4 Å². The van der Waals surface area contributed by atoms with E-state index in [0.717, 1.165) is 0 Å². The number of ether oxygens (including phenoxy) is 4. The van der Waals surface area contributed by atoms with Gasteiger partial charge in [0.15, 0.2) is 17.3 Å². The van der Waals surface area contributed by atoms with Crippen LogP contribution < -0.4 is 14.8 Å². The first-order chi connectivity index (χ1) is 11.0. The highest BCUT2D eigenvalue weighted by Crippen LogP contribution is 2.31. The van der Waals surface area contributed by atoms with Gasteiger partial charge in [0, 0.05) is 20.6 Å². The number of amides is 1. The van der Waals surface area contributed by atoms with Crippen LogP contribution >= 0.6 is 0 Å². The second-order valence-electron chi connectivity index (χ2n) is 4.70. The Morgan fingerprint density at radius 3 is 2.22 bits per heavy atom. The van der Waals surface area contributed by atoms with E-state index < -0.39 is 17.6 Å². The molecular formula is C16H23NO6. The smallest absolute Gasteiger partial charge is 0.250 e. The Labute approximate surface area is 135 Å². The van der Waals surface area contributed by atoms with Crippen molar-refractivity contribution in [2.75, 3.05) is 28.4 Å². The quantitative estimate of drug-likeness (QED) is 0.423. The molecule has 0 heterocycles. The summed E-state index contributed by atoms with van der Waals surface area (Å²) in [5.41, 5.74) is 0.277. The van der Waals surface area contributed by atoms with Crippen LogP contribution in [0.2, 0.25) is 0 Å². The fourth-order valence-corrected chi connectivity index (χ4v) is 2.17. The number of hydrogen-bond acceptors (Lipinski definition) is 6. The fourth-order valence-electron chi connectivity index (χ4n) is 2.17. The molecule has 0 saturated heterocycles. The van der Waals surface area contributed by atoms with Gasteiger partial charge in [0.05, 0.1) is 26.2 Å². The molecule has 1 N–H and O–H groups in total. The molecule has 23 heavy (non-hydrogen) atoms. The highest BCUT2D eigenvalue weighted by atomic mass is 16.7. The van der Waals surface area contributed by atoms with Gasteiger partial charge in [-0.3, -0.25) is 9.59 Å². The number of rotatable bonds is 9. The van der Waals surface area contributed by atoms with E-state index in [2.05, 4.69) is 5.32 Å². The number of hydrogen-bond donors (Lipinski definition) is 1. The van der Waals surface area contributed by atoms with Crippen molar-refractivity contribution in [3.63, 3.8) is 0 Å². The number of benzene rings is 1. The molecule has 7 heteroatoms. The molecule has 1 amide bonds. The molecule has 7 nitrogen and oxygen atoms in total. The van der Waals surface area contributed by atoms with Crippen LogP contribution in [0, 0.1) is 0 Å². The number of Topliss-reactive ketones (excluding diaryl/α,β-unsaturated/α-hetero) is 1. The molecule has 0 unspecified atom stereocenters. The monoisotopic (exact) mass is 325 g/mol. The van der Waals surface area contributed by atoms with Crippen LogP contribution in [0.4, 0.5) is 0 Å². The standard InChI is InChI=1S/C16H23NO6/c1-6-16(22-4,23-5)17-14(19)10-12(18)11-8-7-9-13(20-2)15(11)21-3/h7-9H,6,10H2,1-5H3,(H,17,19). The molecule has 0 saturated carbocycles. The Morgan fingerprint density at radius 1 is 1.09 bits per heavy atom. The SMILES string of the molecule is CCC(NC(=O)CC(=O)c1cccc(OC)c1OC)(OC)OC. The lowest BCUT2D eigenvalue weighted by atomic mass is 10.1. The van der Waals surface area contributed by atoms with Crippen LogP contribution in [0.15, 0.2) is 18.2 Å². The largest absolute Gasteiger partial charge is 0.493 e. The molecule has 128 valence electrons. The molecule has 0 aliphatic heterocycles. The van der Waals surface area contributed by atoms with Gasteiger partial charge in [-0.15, -0.1) is 0 Å². The zero-order valence-corrected chi connectivity index (χ0v) is 14.1. The van der Waals surface area contributed by atoms with Crippen molar-refractivity contribution in [2.45, 2.75) is 25.7 Å². The predicted molar refractivity (Wildman–Crippen MR) is 83.7 cm³/mol. The van der Waals surface area contributed by atoms with Gasteiger partial charge in [0.2, 0.25) is 5.91 Å². The van der Waals surface area contributed by atoms with Crippen molar-refractivity contribution in [3.8, 4) is 11.5 Å². The highest BCUT2D eigenvalue weighted by molar-refractivity contribution is 6.09. The van der Waals surface area contributed by atoms with Gasteiger partial charge in [-0.1, -0.05) is 13.0 Å². The lowest BCUT2D eigenvalue weighted by Crippen LogP contribution is -2.51. The summed E-state index contributed by atoms with van der Waals surface area (Å²) in [5, 5.41) is 2.57.